The summed E-state index contributed by atoms with van der Waals surface area (Å²) in [5.41, 5.74) is 4.25. The molecule has 0 aliphatic carbocycles. The lowest BCUT2D eigenvalue weighted by Gasteiger charge is -2.05. The number of hydrogen-bond acceptors (Lipinski definition) is 1. The Morgan fingerprint density at radius 1 is 1.25 bits per heavy atom. The van der Waals surface area contributed by atoms with Crippen LogP contribution in [0.3, 0.4) is 0 Å². The van der Waals surface area contributed by atoms with Crippen molar-refractivity contribution < 1.29 is 13.2 Å². The molecule has 0 saturated carbocycles. The highest BCUT2D eigenvalue weighted by atomic mass is 19.4. The summed E-state index contributed by atoms with van der Waals surface area (Å²) in [5.74, 6) is 0. The third-order valence-corrected chi connectivity index (χ3v) is 1.14. The van der Waals surface area contributed by atoms with Crippen molar-refractivity contribution >= 4 is 0 Å². The van der Waals surface area contributed by atoms with Crippen molar-refractivity contribution in [1.82, 2.24) is 0 Å². The Labute approximate surface area is 69.1 Å². The summed E-state index contributed by atoms with van der Waals surface area (Å²) < 4.78 is 35.9. The van der Waals surface area contributed by atoms with Crippen LogP contribution in [0.1, 0.15) is 6.92 Å². The zero-order valence-corrected chi connectivity index (χ0v) is 6.60. The van der Waals surface area contributed by atoms with Gasteiger partial charge in [-0.25, -0.2) is 0 Å². The first-order chi connectivity index (χ1) is 5.52. The van der Waals surface area contributed by atoms with Gasteiger partial charge in [0.1, 0.15) is 0 Å². The van der Waals surface area contributed by atoms with Gasteiger partial charge in [0.2, 0.25) is 0 Å². The second-order valence-electron chi connectivity index (χ2n) is 1.99. The number of rotatable bonds is 2. The highest BCUT2D eigenvalue weighted by Gasteiger charge is 2.30. The van der Waals surface area contributed by atoms with Crippen LogP contribution in [0.4, 0.5) is 13.2 Å². The van der Waals surface area contributed by atoms with Gasteiger partial charge < -0.3 is 5.73 Å². The minimum Gasteiger partial charge on any atom is -0.405 e. The van der Waals surface area contributed by atoms with Gasteiger partial charge in [-0.15, -0.1) is 0 Å². The molecule has 0 amide bonds. The molecule has 0 saturated heterocycles. The smallest absolute Gasteiger partial charge is 0.405 e. The quantitative estimate of drug-likeness (QED) is 0.644. The van der Waals surface area contributed by atoms with Crippen LogP contribution in [-0.4, -0.2) is 6.18 Å². The minimum atomic E-state index is -4.28. The molecular weight excluding hydrogens is 167 g/mol. The van der Waals surface area contributed by atoms with Gasteiger partial charge in [0.25, 0.3) is 0 Å². The van der Waals surface area contributed by atoms with Gasteiger partial charge in [-0.2, -0.15) is 13.2 Å². The minimum absolute atomic E-state index is 0.680. The average Bonchev–Trinajstić information content (AvgIpc) is 1.95. The molecule has 0 unspecified atom stereocenters. The number of alkyl halides is 3. The summed E-state index contributed by atoms with van der Waals surface area (Å²) in [6, 6.07) is 0. The third kappa shape index (κ3) is 3.85. The van der Waals surface area contributed by atoms with Crippen molar-refractivity contribution in [1.29, 1.82) is 0 Å². The van der Waals surface area contributed by atoms with Crippen LogP contribution >= 0.6 is 0 Å². The molecule has 0 aromatic rings. The van der Waals surface area contributed by atoms with E-state index in [1.807, 2.05) is 0 Å². The molecule has 2 N–H and O–H groups in total. The van der Waals surface area contributed by atoms with Crippen molar-refractivity contribution in [3.05, 3.63) is 36.1 Å². The molecule has 1 nitrogen and oxygen atoms in total. The van der Waals surface area contributed by atoms with Crippen LogP contribution in [0.5, 0.6) is 0 Å². The van der Waals surface area contributed by atoms with E-state index >= 15 is 0 Å². The molecule has 0 spiro atoms. The summed E-state index contributed by atoms with van der Waals surface area (Å²) in [7, 11) is 0. The van der Waals surface area contributed by atoms with Gasteiger partial charge in [-0.3, -0.25) is 0 Å². The van der Waals surface area contributed by atoms with Crippen LogP contribution < -0.4 is 5.73 Å². The van der Waals surface area contributed by atoms with Crippen LogP contribution in [-0.2, 0) is 0 Å². The third-order valence-electron chi connectivity index (χ3n) is 1.14. The highest BCUT2D eigenvalue weighted by molar-refractivity contribution is 5.25. The molecule has 0 aromatic carbocycles. The fourth-order valence-electron chi connectivity index (χ4n) is 0.578. The van der Waals surface area contributed by atoms with Crippen LogP contribution in [0.2, 0.25) is 0 Å². The molecule has 12 heavy (non-hydrogen) atoms. The van der Waals surface area contributed by atoms with E-state index in [9.17, 15) is 13.2 Å². The Morgan fingerprint density at radius 2 is 1.83 bits per heavy atom. The lowest BCUT2D eigenvalue weighted by molar-refractivity contribution is -0.0883. The van der Waals surface area contributed by atoms with Gasteiger partial charge in [0.05, 0.1) is 5.57 Å². The Kier molecular flexibility index (Phi) is 4.18. The molecule has 0 bridgehead atoms. The normalized spacial score (nSPS) is 14.8. The summed E-state index contributed by atoms with van der Waals surface area (Å²) in [4.78, 5) is 0. The van der Waals surface area contributed by atoms with E-state index in [0.29, 0.717) is 0 Å². The number of hydrogen-bond donors (Lipinski definition) is 1. The molecular formula is C8H10F3N. The Hall–Kier alpha value is -1.19. The van der Waals surface area contributed by atoms with E-state index < -0.39 is 11.7 Å². The first-order valence-electron chi connectivity index (χ1n) is 3.30. The van der Waals surface area contributed by atoms with Gasteiger partial charge in [-0.1, -0.05) is 18.2 Å². The Bertz CT molecular complexity index is 211. The molecule has 0 rings (SSSR count). The van der Waals surface area contributed by atoms with E-state index in [-0.39, 0.29) is 0 Å². The maximum absolute atomic E-state index is 12.0. The van der Waals surface area contributed by atoms with Crippen molar-refractivity contribution in [3.8, 4) is 0 Å². The molecule has 0 aliphatic heterocycles. The van der Waals surface area contributed by atoms with E-state index in [4.69, 9.17) is 5.73 Å². The highest BCUT2D eigenvalue weighted by Crippen LogP contribution is 2.26. The first kappa shape index (κ1) is 10.8. The molecule has 0 aromatic heterocycles. The van der Waals surface area contributed by atoms with Gasteiger partial charge in [0.15, 0.2) is 0 Å². The monoisotopic (exact) mass is 177 g/mol. The second kappa shape index (κ2) is 4.64. The number of allylic oxidation sites excluding steroid dienone is 5. The SMILES string of the molecule is C\C=C(/C=C\C=C\N)C(F)(F)F. The largest absolute Gasteiger partial charge is 0.416 e. The second-order valence-corrected chi connectivity index (χ2v) is 1.99. The lowest BCUT2D eigenvalue weighted by Crippen LogP contribution is -2.09. The van der Waals surface area contributed by atoms with E-state index in [0.717, 1.165) is 12.2 Å². The maximum Gasteiger partial charge on any atom is 0.416 e. The predicted octanol–water partition coefficient (Wildman–Crippen LogP) is 2.52. The Balaban J connectivity index is 4.41. The number of nitrogens with two attached hydrogens (primary N) is 1. The van der Waals surface area contributed by atoms with Gasteiger partial charge >= 0.3 is 6.18 Å². The summed E-state index contributed by atoms with van der Waals surface area (Å²) in [6.45, 7) is 1.33. The Morgan fingerprint density at radius 3 is 2.17 bits per heavy atom. The fourth-order valence-corrected chi connectivity index (χ4v) is 0.578. The summed E-state index contributed by atoms with van der Waals surface area (Å²) in [6.07, 6.45) is 1.41. The van der Waals surface area contributed by atoms with Crippen molar-refractivity contribution in [2.24, 2.45) is 5.73 Å². The molecule has 4 heteroatoms. The van der Waals surface area contributed by atoms with E-state index in [2.05, 4.69) is 0 Å². The van der Waals surface area contributed by atoms with Gasteiger partial charge in [-0.05, 0) is 19.2 Å². The molecule has 68 valence electrons. The summed E-state index contributed by atoms with van der Waals surface area (Å²) >= 11 is 0. The molecule has 0 atom stereocenters. The molecule has 0 aliphatic rings. The fraction of sp³-hybridized carbons (Fsp3) is 0.250. The molecule has 0 heterocycles. The van der Waals surface area contributed by atoms with Gasteiger partial charge in [0, 0.05) is 0 Å². The maximum atomic E-state index is 12.0. The average molecular weight is 177 g/mol. The van der Waals surface area contributed by atoms with Crippen LogP contribution in [0.25, 0.3) is 0 Å². The zero-order valence-electron chi connectivity index (χ0n) is 6.60. The van der Waals surface area contributed by atoms with Crippen molar-refractivity contribution in [2.75, 3.05) is 0 Å². The van der Waals surface area contributed by atoms with Crippen molar-refractivity contribution in [3.63, 3.8) is 0 Å². The van der Waals surface area contributed by atoms with Crippen LogP contribution in [0, 0.1) is 0 Å². The van der Waals surface area contributed by atoms with Crippen molar-refractivity contribution in [2.45, 2.75) is 13.1 Å². The standard InChI is InChI=1S/C8H10F3N/c1-2-7(8(9,10)11)5-3-4-6-12/h2-6H,12H2,1H3/b5-3-,6-4+,7-2+. The number of halogens is 3. The first-order valence-corrected chi connectivity index (χ1v) is 3.30. The van der Waals surface area contributed by atoms with Crippen LogP contribution in [0.15, 0.2) is 36.1 Å². The van der Waals surface area contributed by atoms with E-state index in [1.54, 1.807) is 0 Å². The molecule has 0 radical (unpaired) electrons. The van der Waals surface area contributed by atoms with E-state index in [1.165, 1.54) is 25.3 Å². The predicted molar refractivity (Wildman–Crippen MR) is 42.3 cm³/mol. The molecule has 0 fully saturated rings. The topological polar surface area (TPSA) is 26.0 Å². The summed E-state index contributed by atoms with van der Waals surface area (Å²) in [5, 5.41) is 0. The zero-order chi connectivity index (χ0) is 9.61. The lowest BCUT2D eigenvalue weighted by atomic mass is 10.2.